The largest absolute Gasteiger partial charge is 0.452 e. The summed E-state index contributed by atoms with van der Waals surface area (Å²) in [6, 6.07) is 15.3. The first-order valence-corrected chi connectivity index (χ1v) is 9.54. The maximum atomic E-state index is 12.3. The number of esters is 1. The van der Waals surface area contributed by atoms with E-state index in [1.807, 2.05) is 54.8 Å². The molecule has 144 valence electrons. The quantitative estimate of drug-likeness (QED) is 0.668. The van der Waals surface area contributed by atoms with E-state index in [2.05, 4.69) is 10.3 Å². The molecule has 1 unspecified atom stereocenters. The van der Waals surface area contributed by atoms with Gasteiger partial charge in [-0.1, -0.05) is 18.2 Å². The van der Waals surface area contributed by atoms with Gasteiger partial charge in [0, 0.05) is 11.7 Å². The van der Waals surface area contributed by atoms with Gasteiger partial charge in [-0.3, -0.25) is 9.36 Å². The molecule has 0 spiro atoms. The fourth-order valence-corrected chi connectivity index (χ4v) is 3.45. The molecular weight excluding hydrogens is 354 g/mol. The number of fused-ring (bicyclic) bond motifs is 1. The van der Waals surface area contributed by atoms with E-state index in [9.17, 15) is 9.59 Å². The minimum atomic E-state index is -0.525. The number of nitrogens with one attached hydrogen (secondary N) is 1. The highest BCUT2D eigenvalue weighted by atomic mass is 16.5. The Hall–Kier alpha value is -3.15. The predicted octanol–water partition coefficient (Wildman–Crippen LogP) is 3.41. The highest BCUT2D eigenvalue weighted by Gasteiger charge is 2.29. The molecule has 1 N–H and O–H groups in total. The van der Waals surface area contributed by atoms with Crippen LogP contribution in [0.3, 0.4) is 0 Å². The van der Waals surface area contributed by atoms with Crippen molar-refractivity contribution in [3.05, 3.63) is 59.9 Å². The third kappa shape index (κ3) is 3.76. The zero-order valence-electron chi connectivity index (χ0n) is 16.0. The number of carbonyl (C=O) groups excluding carboxylic acids is 2. The Morgan fingerprint density at radius 3 is 2.68 bits per heavy atom. The molecule has 0 saturated heterocycles. The Morgan fingerprint density at radius 2 is 1.96 bits per heavy atom. The monoisotopic (exact) mass is 377 g/mol. The van der Waals surface area contributed by atoms with Crippen LogP contribution in [0.5, 0.6) is 0 Å². The minimum absolute atomic E-state index is 0.132. The van der Waals surface area contributed by atoms with Crippen LogP contribution in [0, 0.1) is 12.8 Å². The van der Waals surface area contributed by atoms with Gasteiger partial charge in [0.15, 0.2) is 6.61 Å². The van der Waals surface area contributed by atoms with E-state index in [1.54, 1.807) is 12.1 Å². The summed E-state index contributed by atoms with van der Waals surface area (Å²) in [5, 5.41) is 2.88. The van der Waals surface area contributed by atoms with E-state index in [0.717, 1.165) is 29.9 Å². The van der Waals surface area contributed by atoms with Crippen molar-refractivity contribution in [3.63, 3.8) is 0 Å². The molecule has 1 aliphatic rings. The lowest BCUT2D eigenvalue weighted by molar-refractivity contribution is -0.124. The number of aryl methyl sites for hydroxylation is 1. The highest BCUT2D eigenvalue weighted by molar-refractivity contribution is 5.95. The average molecular weight is 377 g/mol. The number of aromatic nitrogens is 2. The second kappa shape index (κ2) is 7.46. The van der Waals surface area contributed by atoms with E-state index in [4.69, 9.17) is 4.74 Å². The summed E-state index contributed by atoms with van der Waals surface area (Å²) in [4.78, 5) is 28.9. The first kappa shape index (κ1) is 18.2. The lowest BCUT2D eigenvalue weighted by Crippen LogP contribution is -2.37. The number of ether oxygens (including phenoxy) is 1. The van der Waals surface area contributed by atoms with E-state index in [0.29, 0.717) is 17.0 Å². The van der Waals surface area contributed by atoms with Gasteiger partial charge < -0.3 is 10.1 Å². The van der Waals surface area contributed by atoms with Crippen molar-refractivity contribution >= 4 is 22.9 Å². The molecular formula is C22H23N3O3. The van der Waals surface area contributed by atoms with Crippen molar-refractivity contribution < 1.29 is 14.3 Å². The molecule has 28 heavy (non-hydrogen) atoms. The van der Waals surface area contributed by atoms with E-state index in [1.165, 1.54) is 0 Å². The number of rotatable bonds is 6. The van der Waals surface area contributed by atoms with Crippen LogP contribution in [0.4, 0.5) is 0 Å². The SMILES string of the molecule is Cc1nc2cc(C(=O)OCC(=O)NC(C)C3CC3)ccc2n1-c1ccccc1. The molecule has 1 heterocycles. The molecule has 3 aromatic rings. The van der Waals surface area contributed by atoms with Crippen LogP contribution in [0.1, 0.15) is 35.9 Å². The van der Waals surface area contributed by atoms with Crippen LogP contribution >= 0.6 is 0 Å². The number of para-hydroxylation sites is 1. The molecule has 1 amide bonds. The van der Waals surface area contributed by atoms with Gasteiger partial charge in [0.2, 0.25) is 0 Å². The Balaban J connectivity index is 1.47. The summed E-state index contributed by atoms with van der Waals surface area (Å²) in [6.45, 7) is 3.64. The van der Waals surface area contributed by atoms with Gasteiger partial charge in [-0.05, 0) is 62.9 Å². The van der Waals surface area contributed by atoms with Crippen molar-refractivity contribution in [2.24, 2.45) is 5.92 Å². The summed E-state index contributed by atoms with van der Waals surface area (Å²) < 4.78 is 7.21. The maximum Gasteiger partial charge on any atom is 0.338 e. The molecule has 0 radical (unpaired) electrons. The third-order valence-electron chi connectivity index (χ3n) is 5.12. The van der Waals surface area contributed by atoms with Crippen molar-refractivity contribution in [1.82, 2.24) is 14.9 Å². The topological polar surface area (TPSA) is 73.2 Å². The van der Waals surface area contributed by atoms with Crippen LogP contribution in [0.25, 0.3) is 16.7 Å². The van der Waals surface area contributed by atoms with Gasteiger partial charge >= 0.3 is 5.97 Å². The van der Waals surface area contributed by atoms with Crippen LogP contribution in [0.15, 0.2) is 48.5 Å². The Bertz CT molecular complexity index is 1020. The predicted molar refractivity (Wildman–Crippen MR) is 106 cm³/mol. The number of hydrogen-bond donors (Lipinski definition) is 1. The highest BCUT2D eigenvalue weighted by Crippen LogP contribution is 2.32. The summed E-state index contributed by atoms with van der Waals surface area (Å²) in [7, 11) is 0. The van der Waals surface area contributed by atoms with Crippen LogP contribution in [-0.4, -0.2) is 34.1 Å². The molecule has 1 aliphatic carbocycles. The van der Waals surface area contributed by atoms with Gasteiger partial charge in [-0.2, -0.15) is 0 Å². The summed E-state index contributed by atoms with van der Waals surface area (Å²) in [6.07, 6.45) is 2.30. The van der Waals surface area contributed by atoms with Crippen LogP contribution < -0.4 is 5.32 Å². The first-order valence-electron chi connectivity index (χ1n) is 9.54. The fourth-order valence-electron chi connectivity index (χ4n) is 3.45. The molecule has 1 saturated carbocycles. The third-order valence-corrected chi connectivity index (χ3v) is 5.12. The van der Waals surface area contributed by atoms with Crippen LogP contribution in [-0.2, 0) is 9.53 Å². The fraction of sp³-hybridized carbons (Fsp3) is 0.318. The standard InChI is InChI=1S/C22H23N3O3/c1-14(16-8-9-16)23-21(26)13-28-22(27)17-10-11-20-19(12-17)24-15(2)25(20)18-6-4-3-5-7-18/h3-7,10-12,14,16H,8-9,13H2,1-2H3,(H,23,26). The Labute approximate surface area is 163 Å². The summed E-state index contributed by atoms with van der Waals surface area (Å²) in [5.74, 6) is 0.603. The lowest BCUT2D eigenvalue weighted by atomic mass is 10.2. The molecule has 6 nitrogen and oxygen atoms in total. The van der Waals surface area contributed by atoms with Crippen molar-refractivity contribution in [3.8, 4) is 5.69 Å². The number of amides is 1. The molecule has 1 atom stereocenters. The number of benzene rings is 2. The normalized spacial score (nSPS) is 14.6. The van der Waals surface area contributed by atoms with Gasteiger partial charge in [-0.25, -0.2) is 9.78 Å². The minimum Gasteiger partial charge on any atom is -0.452 e. The first-order chi connectivity index (χ1) is 13.5. The van der Waals surface area contributed by atoms with E-state index >= 15 is 0 Å². The molecule has 0 aliphatic heterocycles. The van der Waals surface area contributed by atoms with Crippen molar-refractivity contribution in [2.45, 2.75) is 32.7 Å². The van der Waals surface area contributed by atoms with E-state index < -0.39 is 5.97 Å². The summed E-state index contributed by atoms with van der Waals surface area (Å²) in [5.41, 5.74) is 3.02. The van der Waals surface area contributed by atoms with Gasteiger partial charge in [-0.15, -0.1) is 0 Å². The number of hydrogen-bond acceptors (Lipinski definition) is 4. The van der Waals surface area contributed by atoms with Crippen LogP contribution in [0.2, 0.25) is 0 Å². The van der Waals surface area contributed by atoms with Crippen molar-refractivity contribution in [2.75, 3.05) is 6.61 Å². The molecule has 2 aromatic carbocycles. The summed E-state index contributed by atoms with van der Waals surface area (Å²) >= 11 is 0. The van der Waals surface area contributed by atoms with Gasteiger partial charge in [0.1, 0.15) is 5.82 Å². The zero-order valence-corrected chi connectivity index (χ0v) is 16.0. The zero-order chi connectivity index (χ0) is 19.7. The van der Waals surface area contributed by atoms with Gasteiger partial charge in [0.05, 0.1) is 16.6 Å². The number of nitrogens with zero attached hydrogens (tertiary/aromatic N) is 2. The molecule has 0 bridgehead atoms. The number of imidazole rings is 1. The van der Waals surface area contributed by atoms with Gasteiger partial charge in [0.25, 0.3) is 5.91 Å². The van der Waals surface area contributed by atoms with Crippen molar-refractivity contribution in [1.29, 1.82) is 0 Å². The lowest BCUT2D eigenvalue weighted by Gasteiger charge is -2.12. The second-order valence-corrected chi connectivity index (χ2v) is 7.30. The molecule has 1 fully saturated rings. The molecule has 4 rings (SSSR count). The molecule has 1 aromatic heterocycles. The van der Waals surface area contributed by atoms with E-state index in [-0.39, 0.29) is 18.6 Å². The maximum absolute atomic E-state index is 12.3. The average Bonchev–Trinajstić information content (AvgIpc) is 3.49. The smallest absolute Gasteiger partial charge is 0.338 e. The second-order valence-electron chi connectivity index (χ2n) is 7.30. The molecule has 6 heteroatoms. The Kier molecular flexibility index (Phi) is 4.86. The Morgan fingerprint density at radius 1 is 1.21 bits per heavy atom. The number of carbonyl (C=O) groups is 2.